The first-order valence-electron chi connectivity index (χ1n) is 8.62. The van der Waals surface area contributed by atoms with E-state index in [1.165, 1.54) is 11.1 Å². The summed E-state index contributed by atoms with van der Waals surface area (Å²) in [5.41, 5.74) is 4.49. The average Bonchev–Trinajstić information content (AvgIpc) is 2.58. The molecule has 0 aliphatic carbocycles. The first-order valence-corrected chi connectivity index (χ1v) is 9.00. The summed E-state index contributed by atoms with van der Waals surface area (Å²) < 4.78 is 5.87. The molecule has 2 rings (SSSR count). The van der Waals surface area contributed by atoms with Crippen molar-refractivity contribution in [1.82, 2.24) is 5.32 Å². The fraction of sp³-hybridized carbons (Fsp3) is 0.381. The van der Waals surface area contributed by atoms with Crippen LogP contribution in [-0.2, 0) is 4.79 Å². The Hall–Kier alpha value is -2.00. The summed E-state index contributed by atoms with van der Waals surface area (Å²) in [6.45, 7) is 10.00. The Labute approximate surface area is 155 Å². The Balaban J connectivity index is 2.05. The Bertz CT molecular complexity index is 758. The highest BCUT2D eigenvalue weighted by Crippen LogP contribution is 2.23. The lowest BCUT2D eigenvalue weighted by Crippen LogP contribution is -2.39. The van der Waals surface area contributed by atoms with Crippen molar-refractivity contribution in [1.29, 1.82) is 0 Å². The maximum Gasteiger partial charge on any atom is 0.261 e. The molecular formula is C21H26ClNO2. The van der Waals surface area contributed by atoms with Crippen molar-refractivity contribution < 1.29 is 9.53 Å². The zero-order valence-corrected chi connectivity index (χ0v) is 16.3. The number of hydrogen-bond acceptors (Lipinski definition) is 2. The average molecular weight is 360 g/mol. The summed E-state index contributed by atoms with van der Waals surface area (Å²) in [6.07, 6.45) is 0.0576. The minimum Gasteiger partial charge on any atom is -0.481 e. The molecule has 0 saturated heterocycles. The number of halogens is 1. The van der Waals surface area contributed by atoms with E-state index in [9.17, 15) is 4.79 Å². The van der Waals surface area contributed by atoms with E-state index in [0.717, 1.165) is 11.1 Å². The third-order valence-corrected chi connectivity index (χ3v) is 4.88. The van der Waals surface area contributed by atoms with Gasteiger partial charge in [0.05, 0.1) is 6.04 Å². The second-order valence-corrected chi connectivity index (χ2v) is 6.91. The molecular weight excluding hydrogens is 334 g/mol. The summed E-state index contributed by atoms with van der Waals surface area (Å²) in [7, 11) is 0. The molecule has 0 aromatic heterocycles. The van der Waals surface area contributed by atoms with Crippen LogP contribution in [0.3, 0.4) is 0 Å². The Kier molecular flexibility index (Phi) is 6.49. The van der Waals surface area contributed by atoms with E-state index in [-0.39, 0.29) is 11.9 Å². The van der Waals surface area contributed by atoms with Gasteiger partial charge in [-0.1, -0.05) is 36.7 Å². The molecule has 4 heteroatoms. The van der Waals surface area contributed by atoms with Crippen molar-refractivity contribution in [2.24, 2.45) is 0 Å². The van der Waals surface area contributed by atoms with Gasteiger partial charge in [-0.05, 0) is 74.6 Å². The minimum atomic E-state index is -0.533. The van der Waals surface area contributed by atoms with Gasteiger partial charge in [0.25, 0.3) is 5.91 Å². The Morgan fingerprint density at radius 1 is 1.08 bits per heavy atom. The molecule has 1 N–H and O–H groups in total. The predicted octanol–water partition coefficient (Wildman–Crippen LogP) is 5.30. The van der Waals surface area contributed by atoms with Crippen LogP contribution in [0.2, 0.25) is 5.02 Å². The lowest BCUT2D eigenvalue weighted by atomic mass is 10.0. The molecule has 0 unspecified atom stereocenters. The molecule has 134 valence electrons. The van der Waals surface area contributed by atoms with E-state index in [4.69, 9.17) is 16.3 Å². The Morgan fingerprint density at radius 3 is 2.40 bits per heavy atom. The van der Waals surface area contributed by atoms with Crippen LogP contribution in [0.15, 0.2) is 36.4 Å². The third kappa shape index (κ3) is 4.99. The van der Waals surface area contributed by atoms with Gasteiger partial charge in [-0.15, -0.1) is 0 Å². The standard InChI is InChI=1S/C21H26ClNO2/c1-6-20(25-18-9-10-19(22)15(4)12-18)21(24)23-16(5)17-8-7-13(2)14(3)11-17/h7-12,16,20H,6H2,1-5H3,(H,23,24)/t16-,20+/m0/s1. The van der Waals surface area contributed by atoms with Crippen LogP contribution >= 0.6 is 11.6 Å². The van der Waals surface area contributed by atoms with Crippen molar-refractivity contribution in [2.75, 3.05) is 0 Å². The number of aryl methyl sites for hydroxylation is 3. The fourth-order valence-electron chi connectivity index (χ4n) is 2.60. The van der Waals surface area contributed by atoms with Crippen molar-refractivity contribution in [3.8, 4) is 5.75 Å². The first-order chi connectivity index (χ1) is 11.8. The highest BCUT2D eigenvalue weighted by molar-refractivity contribution is 6.31. The number of amides is 1. The van der Waals surface area contributed by atoms with Crippen molar-refractivity contribution in [3.05, 3.63) is 63.7 Å². The van der Waals surface area contributed by atoms with E-state index >= 15 is 0 Å². The van der Waals surface area contributed by atoms with Gasteiger partial charge in [0.2, 0.25) is 0 Å². The Morgan fingerprint density at radius 2 is 1.80 bits per heavy atom. The predicted molar refractivity (Wildman–Crippen MR) is 103 cm³/mol. The third-order valence-electron chi connectivity index (χ3n) is 4.46. The van der Waals surface area contributed by atoms with E-state index in [2.05, 4.69) is 37.4 Å². The van der Waals surface area contributed by atoms with Crippen molar-refractivity contribution in [2.45, 2.75) is 53.2 Å². The van der Waals surface area contributed by atoms with E-state index in [1.807, 2.05) is 26.8 Å². The number of nitrogens with one attached hydrogen (secondary N) is 1. The molecule has 0 fully saturated rings. The van der Waals surface area contributed by atoms with Crippen LogP contribution in [0.1, 0.15) is 48.6 Å². The normalized spacial score (nSPS) is 13.2. The van der Waals surface area contributed by atoms with Gasteiger partial charge in [-0.25, -0.2) is 0 Å². The molecule has 0 aliphatic heterocycles. The molecule has 2 aromatic carbocycles. The first kappa shape index (κ1) is 19.3. The van der Waals surface area contributed by atoms with Crippen LogP contribution in [0, 0.1) is 20.8 Å². The van der Waals surface area contributed by atoms with Crippen LogP contribution in [0.25, 0.3) is 0 Å². The van der Waals surface area contributed by atoms with Crippen molar-refractivity contribution >= 4 is 17.5 Å². The monoisotopic (exact) mass is 359 g/mol. The maximum atomic E-state index is 12.6. The molecule has 0 heterocycles. The maximum absolute atomic E-state index is 12.6. The quantitative estimate of drug-likeness (QED) is 0.760. The number of benzene rings is 2. The second kappa shape index (κ2) is 8.39. The van der Waals surface area contributed by atoms with Crippen LogP contribution in [-0.4, -0.2) is 12.0 Å². The molecule has 25 heavy (non-hydrogen) atoms. The lowest BCUT2D eigenvalue weighted by Gasteiger charge is -2.21. The number of carbonyl (C=O) groups excluding carboxylic acids is 1. The number of hydrogen-bond donors (Lipinski definition) is 1. The highest BCUT2D eigenvalue weighted by Gasteiger charge is 2.21. The summed E-state index contributed by atoms with van der Waals surface area (Å²) in [4.78, 5) is 12.6. The molecule has 0 aliphatic rings. The van der Waals surface area contributed by atoms with Crippen LogP contribution in [0.4, 0.5) is 0 Å². The number of rotatable bonds is 6. The minimum absolute atomic E-state index is 0.0728. The summed E-state index contributed by atoms with van der Waals surface area (Å²) >= 11 is 6.04. The van der Waals surface area contributed by atoms with E-state index in [1.54, 1.807) is 12.1 Å². The molecule has 1 amide bonds. The molecule has 0 saturated carbocycles. The molecule has 0 radical (unpaired) electrons. The largest absolute Gasteiger partial charge is 0.481 e. The number of ether oxygens (including phenoxy) is 1. The van der Waals surface area contributed by atoms with E-state index < -0.39 is 6.10 Å². The van der Waals surface area contributed by atoms with Crippen LogP contribution < -0.4 is 10.1 Å². The lowest BCUT2D eigenvalue weighted by molar-refractivity contribution is -0.128. The number of carbonyl (C=O) groups is 1. The van der Waals surface area contributed by atoms with Crippen LogP contribution in [0.5, 0.6) is 5.75 Å². The van der Waals surface area contributed by atoms with Crippen molar-refractivity contribution in [3.63, 3.8) is 0 Å². The molecule has 3 nitrogen and oxygen atoms in total. The zero-order chi connectivity index (χ0) is 18.6. The van der Waals surface area contributed by atoms with Gasteiger partial charge in [0.15, 0.2) is 6.10 Å². The fourth-order valence-corrected chi connectivity index (χ4v) is 2.72. The van der Waals surface area contributed by atoms with Gasteiger partial charge >= 0.3 is 0 Å². The molecule has 2 aromatic rings. The van der Waals surface area contributed by atoms with E-state index in [0.29, 0.717) is 17.2 Å². The molecule has 0 spiro atoms. The SMILES string of the molecule is CC[C@@H](Oc1ccc(Cl)c(C)c1)C(=O)N[C@@H](C)c1ccc(C)c(C)c1. The second-order valence-electron chi connectivity index (χ2n) is 6.50. The molecule has 0 bridgehead atoms. The molecule has 2 atom stereocenters. The van der Waals surface area contributed by atoms with Gasteiger partial charge in [-0.3, -0.25) is 4.79 Å². The summed E-state index contributed by atoms with van der Waals surface area (Å²) in [5, 5.41) is 3.74. The van der Waals surface area contributed by atoms with Gasteiger partial charge in [0, 0.05) is 5.02 Å². The van der Waals surface area contributed by atoms with Gasteiger partial charge in [-0.2, -0.15) is 0 Å². The van der Waals surface area contributed by atoms with Gasteiger partial charge < -0.3 is 10.1 Å². The smallest absolute Gasteiger partial charge is 0.261 e. The highest BCUT2D eigenvalue weighted by atomic mass is 35.5. The summed E-state index contributed by atoms with van der Waals surface area (Å²) in [6, 6.07) is 11.6. The van der Waals surface area contributed by atoms with Gasteiger partial charge in [0.1, 0.15) is 5.75 Å². The topological polar surface area (TPSA) is 38.3 Å². The summed E-state index contributed by atoms with van der Waals surface area (Å²) in [5.74, 6) is 0.545. The zero-order valence-electron chi connectivity index (χ0n) is 15.5.